The lowest BCUT2D eigenvalue weighted by Crippen LogP contribution is -1.99. The second kappa shape index (κ2) is 7.86. The van der Waals surface area contributed by atoms with Gasteiger partial charge in [0.15, 0.2) is 5.65 Å². The highest BCUT2D eigenvalue weighted by molar-refractivity contribution is 5.94. The van der Waals surface area contributed by atoms with Gasteiger partial charge in [0.05, 0.1) is 12.3 Å². The molecule has 0 aliphatic rings. The highest BCUT2D eigenvalue weighted by atomic mass is 16.5. The number of aromatic nitrogens is 4. The topological polar surface area (TPSA) is 72.9 Å². The molecular weight excluding hydrogens is 340 g/mol. The predicted octanol–water partition coefficient (Wildman–Crippen LogP) is 4.99. The van der Waals surface area contributed by atoms with Gasteiger partial charge >= 0.3 is 0 Å². The van der Waals surface area contributed by atoms with Gasteiger partial charge in [-0.2, -0.15) is 5.10 Å². The third-order valence-electron chi connectivity index (χ3n) is 4.17. The van der Waals surface area contributed by atoms with Crippen LogP contribution in [0.2, 0.25) is 0 Å². The summed E-state index contributed by atoms with van der Waals surface area (Å²) in [6.45, 7) is 2.75. The van der Waals surface area contributed by atoms with Crippen molar-refractivity contribution in [1.82, 2.24) is 20.2 Å². The largest absolute Gasteiger partial charge is 0.477 e. The quantitative estimate of drug-likeness (QED) is 0.470. The second-order valence-electron chi connectivity index (χ2n) is 6.12. The molecule has 136 valence electrons. The van der Waals surface area contributed by atoms with E-state index in [0.29, 0.717) is 18.1 Å². The Morgan fingerprint density at radius 1 is 0.926 bits per heavy atom. The summed E-state index contributed by atoms with van der Waals surface area (Å²) in [6.07, 6.45) is 3.52. The Balaban J connectivity index is 1.62. The van der Waals surface area contributed by atoms with Crippen molar-refractivity contribution in [2.24, 2.45) is 0 Å². The first kappa shape index (κ1) is 17.0. The summed E-state index contributed by atoms with van der Waals surface area (Å²) in [5, 5.41) is 8.14. The molecule has 4 aromatic rings. The van der Waals surface area contributed by atoms with E-state index in [1.54, 1.807) is 0 Å². The summed E-state index contributed by atoms with van der Waals surface area (Å²) < 4.78 is 11.7. The minimum absolute atomic E-state index is 0.557. The molecule has 0 fully saturated rings. The highest BCUT2D eigenvalue weighted by Gasteiger charge is 2.15. The van der Waals surface area contributed by atoms with Gasteiger partial charge in [0.2, 0.25) is 5.88 Å². The average molecular weight is 360 g/mol. The van der Waals surface area contributed by atoms with E-state index >= 15 is 0 Å². The number of para-hydroxylation sites is 1. The fourth-order valence-electron chi connectivity index (χ4n) is 2.77. The van der Waals surface area contributed by atoms with Gasteiger partial charge in [-0.15, -0.1) is 0 Å². The SMILES string of the molecule is CCCCOc1ncnc2n[nH]c(-c3ccc(Oc4ccccc4)cc3)c12. The molecule has 6 heteroatoms. The fraction of sp³-hybridized carbons (Fsp3) is 0.190. The lowest BCUT2D eigenvalue weighted by molar-refractivity contribution is 0.301. The van der Waals surface area contributed by atoms with Crippen LogP contribution in [0.3, 0.4) is 0 Å². The van der Waals surface area contributed by atoms with Crippen LogP contribution in [0.25, 0.3) is 22.3 Å². The molecule has 2 heterocycles. The summed E-state index contributed by atoms with van der Waals surface area (Å²) in [6, 6.07) is 17.5. The molecule has 0 spiro atoms. The fourth-order valence-corrected chi connectivity index (χ4v) is 2.77. The zero-order valence-corrected chi connectivity index (χ0v) is 15.1. The molecule has 0 radical (unpaired) electrons. The van der Waals surface area contributed by atoms with Gasteiger partial charge in [0, 0.05) is 5.56 Å². The number of ether oxygens (including phenoxy) is 2. The number of hydrogen-bond acceptors (Lipinski definition) is 5. The Morgan fingerprint density at radius 3 is 2.48 bits per heavy atom. The van der Waals surface area contributed by atoms with E-state index in [2.05, 4.69) is 27.1 Å². The van der Waals surface area contributed by atoms with E-state index in [4.69, 9.17) is 9.47 Å². The summed E-state index contributed by atoms with van der Waals surface area (Å²) in [4.78, 5) is 8.52. The van der Waals surface area contributed by atoms with Gasteiger partial charge in [-0.25, -0.2) is 9.97 Å². The summed E-state index contributed by atoms with van der Waals surface area (Å²) in [7, 11) is 0. The van der Waals surface area contributed by atoms with Gasteiger partial charge in [-0.05, 0) is 42.8 Å². The van der Waals surface area contributed by atoms with Crippen LogP contribution in [0.5, 0.6) is 17.4 Å². The Hall–Kier alpha value is -3.41. The van der Waals surface area contributed by atoms with E-state index in [-0.39, 0.29) is 0 Å². The molecule has 4 rings (SSSR count). The molecule has 27 heavy (non-hydrogen) atoms. The lowest BCUT2D eigenvalue weighted by Gasteiger charge is -2.08. The average Bonchev–Trinajstić information content (AvgIpc) is 3.15. The van der Waals surface area contributed by atoms with Crippen molar-refractivity contribution < 1.29 is 9.47 Å². The third-order valence-corrected chi connectivity index (χ3v) is 4.17. The highest BCUT2D eigenvalue weighted by Crippen LogP contribution is 2.32. The Morgan fingerprint density at radius 2 is 1.70 bits per heavy atom. The zero-order valence-electron chi connectivity index (χ0n) is 15.1. The van der Waals surface area contributed by atoms with Crippen LogP contribution >= 0.6 is 0 Å². The van der Waals surface area contributed by atoms with Crippen molar-refractivity contribution in [3.8, 4) is 28.6 Å². The molecular formula is C21H20N4O2. The minimum Gasteiger partial charge on any atom is -0.477 e. The van der Waals surface area contributed by atoms with Gasteiger partial charge in [-0.1, -0.05) is 31.5 Å². The molecule has 0 bridgehead atoms. The smallest absolute Gasteiger partial charge is 0.228 e. The van der Waals surface area contributed by atoms with E-state index in [9.17, 15) is 0 Å². The van der Waals surface area contributed by atoms with Crippen molar-refractivity contribution in [2.45, 2.75) is 19.8 Å². The Bertz CT molecular complexity index is 1010. The summed E-state index contributed by atoms with van der Waals surface area (Å²) in [5.41, 5.74) is 2.40. The number of aromatic amines is 1. The molecule has 0 saturated carbocycles. The van der Waals surface area contributed by atoms with Crippen LogP contribution in [0, 0.1) is 0 Å². The second-order valence-corrected chi connectivity index (χ2v) is 6.12. The van der Waals surface area contributed by atoms with Crippen LogP contribution in [0.4, 0.5) is 0 Å². The van der Waals surface area contributed by atoms with E-state index in [1.165, 1.54) is 6.33 Å². The number of unbranched alkanes of at least 4 members (excludes halogenated alkanes) is 1. The van der Waals surface area contributed by atoms with Crippen LogP contribution < -0.4 is 9.47 Å². The summed E-state index contributed by atoms with van der Waals surface area (Å²) >= 11 is 0. The Kier molecular flexibility index (Phi) is 4.96. The van der Waals surface area contributed by atoms with Crippen LogP contribution in [0.1, 0.15) is 19.8 Å². The zero-order chi connectivity index (χ0) is 18.5. The van der Waals surface area contributed by atoms with Crippen molar-refractivity contribution in [3.05, 3.63) is 60.9 Å². The van der Waals surface area contributed by atoms with Crippen LogP contribution in [0.15, 0.2) is 60.9 Å². The maximum absolute atomic E-state index is 5.85. The number of nitrogens with one attached hydrogen (secondary N) is 1. The number of rotatable bonds is 7. The molecule has 0 aliphatic carbocycles. The van der Waals surface area contributed by atoms with E-state index in [1.807, 2.05) is 54.6 Å². The molecule has 0 saturated heterocycles. The number of nitrogens with zero attached hydrogens (tertiary/aromatic N) is 3. The monoisotopic (exact) mass is 360 g/mol. The van der Waals surface area contributed by atoms with Crippen molar-refractivity contribution in [1.29, 1.82) is 0 Å². The van der Waals surface area contributed by atoms with E-state index < -0.39 is 0 Å². The summed E-state index contributed by atoms with van der Waals surface area (Å²) in [5.74, 6) is 2.13. The molecule has 0 unspecified atom stereocenters. The molecule has 1 N–H and O–H groups in total. The van der Waals surface area contributed by atoms with Crippen molar-refractivity contribution >= 4 is 11.0 Å². The van der Waals surface area contributed by atoms with Crippen LogP contribution in [-0.4, -0.2) is 26.8 Å². The third kappa shape index (κ3) is 3.74. The minimum atomic E-state index is 0.557. The van der Waals surface area contributed by atoms with Gasteiger partial charge in [-0.3, -0.25) is 5.10 Å². The van der Waals surface area contributed by atoms with Gasteiger partial charge in [0.1, 0.15) is 23.2 Å². The lowest BCUT2D eigenvalue weighted by atomic mass is 10.1. The number of fused-ring (bicyclic) bond motifs is 1. The normalized spacial score (nSPS) is 10.9. The van der Waals surface area contributed by atoms with E-state index in [0.717, 1.165) is 41.0 Å². The molecule has 2 aromatic carbocycles. The van der Waals surface area contributed by atoms with Crippen molar-refractivity contribution in [2.75, 3.05) is 6.61 Å². The van der Waals surface area contributed by atoms with Gasteiger partial charge in [0.25, 0.3) is 0 Å². The standard InChI is InChI=1S/C21H20N4O2/c1-2-3-13-26-21-18-19(24-25-20(18)22-14-23-21)15-9-11-17(12-10-15)27-16-7-5-4-6-8-16/h4-12,14H,2-3,13H2,1H3,(H,22,23,24,25). The maximum Gasteiger partial charge on any atom is 0.228 e. The number of hydrogen-bond donors (Lipinski definition) is 1. The predicted molar refractivity (Wildman–Crippen MR) is 104 cm³/mol. The molecule has 0 amide bonds. The first-order chi connectivity index (χ1) is 13.3. The first-order valence-corrected chi connectivity index (χ1v) is 9.00. The Labute approximate surface area is 157 Å². The number of H-pyrrole nitrogens is 1. The number of benzene rings is 2. The van der Waals surface area contributed by atoms with Crippen LogP contribution in [-0.2, 0) is 0 Å². The van der Waals surface area contributed by atoms with Gasteiger partial charge < -0.3 is 9.47 Å². The van der Waals surface area contributed by atoms with Crippen molar-refractivity contribution in [3.63, 3.8) is 0 Å². The molecule has 0 aliphatic heterocycles. The molecule has 2 aromatic heterocycles. The first-order valence-electron chi connectivity index (χ1n) is 9.00. The molecule has 0 atom stereocenters. The maximum atomic E-state index is 5.85. The molecule has 6 nitrogen and oxygen atoms in total.